The topological polar surface area (TPSA) is 98.7 Å². The monoisotopic (exact) mass is 314 g/mol. The van der Waals surface area contributed by atoms with Gasteiger partial charge in [-0.1, -0.05) is 11.2 Å². The van der Waals surface area contributed by atoms with Gasteiger partial charge in [-0.2, -0.15) is 11.8 Å². The number of rotatable bonds is 3. The van der Waals surface area contributed by atoms with E-state index in [1.165, 1.54) is 11.0 Å². The predicted molar refractivity (Wildman–Crippen MR) is 78.6 cm³/mol. The van der Waals surface area contributed by atoms with Crippen molar-refractivity contribution in [3.05, 3.63) is 47.4 Å². The summed E-state index contributed by atoms with van der Waals surface area (Å²) in [6.07, 6.45) is 1.47. The van der Waals surface area contributed by atoms with Gasteiger partial charge in [0, 0.05) is 17.1 Å². The fourth-order valence-electron chi connectivity index (χ4n) is 2.20. The van der Waals surface area contributed by atoms with Crippen molar-refractivity contribution in [1.29, 1.82) is 0 Å². The van der Waals surface area contributed by atoms with Crippen molar-refractivity contribution >= 4 is 23.6 Å². The normalized spacial score (nSPS) is 13.1. The van der Waals surface area contributed by atoms with Crippen LogP contribution >= 0.6 is 11.8 Å². The summed E-state index contributed by atoms with van der Waals surface area (Å²) in [5.41, 5.74) is 3.07. The standard InChI is InChI=1S/C13H10N6O2S/c20-12(15-13-10-5-22-6-11(10)16-21-13)8-2-1-3-9(4-8)19-7-14-17-18-19/h1-4,7H,5-6H2,(H,15,20). The average Bonchev–Trinajstić information content (AvgIpc) is 3.27. The summed E-state index contributed by atoms with van der Waals surface area (Å²) in [6, 6.07) is 7.01. The molecule has 0 unspecified atom stereocenters. The SMILES string of the molecule is O=C(Nc1onc2c1CSC2)c1cccc(-n2cnnn2)c1. The van der Waals surface area contributed by atoms with Crippen LogP contribution in [0.25, 0.3) is 5.69 Å². The van der Waals surface area contributed by atoms with Crippen LogP contribution in [0.3, 0.4) is 0 Å². The van der Waals surface area contributed by atoms with Crippen LogP contribution in [0.1, 0.15) is 21.6 Å². The van der Waals surface area contributed by atoms with E-state index >= 15 is 0 Å². The van der Waals surface area contributed by atoms with Gasteiger partial charge in [0.15, 0.2) is 0 Å². The first-order valence-corrected chi connectivity index (χ1v) is 7.66. The Hall–Kier alpha value is -2.68. The Balaban J connectivity index is 1.59. The lowest BCUT2D eigenvalue weighted by Gasteiger charge is -2.05. The van der Waals surface area contributed by atoms with E-state index in [2.05, 4.69) is 26.0 Å². The third kappa shape index (κ3) is 2.25. The summed E-state index contributed by atoms with van der Waals surface area (Å²) in [5.74, 6) is 1.80. The minimum atomic E-state index is -0.259. The second-order valence-corrected chi connectivity index (χ2v) is 5.67. The van der Waals surface area contributed by atoms with E-state index in [0.717, 1.165) is 22.8 Å². The van der Waals surface area contributed by atoms with E-state index in [9.17, 15) is 4.79 Å². The van der Waals surface area contributed by atoms with Gasteiger partial charge in [0.2, 0.25) is 5.88 Å². The number of carbonyl (C=O) groups is 1. The number of amides is 1. The summed E-state index contributed by atoms with van der Waals surface area (Å²) < 4.78 is 6.69. The van der Waals surface area contributed by atoms with E-state index in [-0.39, 0.29) is 5.91 Å². The zero-order valence-electron chi connectivity index (χ0n) is 11.3. The quantitative estimate of drug-likeness (QED) is 0.784. The highest BCUT2D eigenvalue weighted by Crippen LogP contribution is 2.34. The average molecular weight is 314 g/mol. The highest BCUT2D eigenvalue weighted by molar-refractivity contribution is 7.98. The molecule has 8 nitrogen and oxygen atoms in total. The summed E-state index contributed by atoms with van der Waals surface area (Å²) in [4.78, 5) is 12.4. The first-order chi connectivity index (χ1) is 10.8. The molecule has 1 aliphatic heterocycles. The number of carbonyl (C=O) groups excluding carboxylic acids is 1. The van der Waals surface area contributed by atoms with Crippen LogP contribution < -0.4 is 5.32 Å². The molecular weight excluding hydrogens is 304 g/mol. The predicted octanol–water partition coefficient (Wildman–Crippen LogP) is 1.65. The third-order valence-electron chi connectivity index (χ3n) is 3.30. The summed E-state index contributed by atoms with van der Waals surface area (Å²) in [6.45, 7) is 0. The molecule has 3 heterocycles. The van der Waals surface area contributed by atoms with Crippen molar-refractivity contribution in [3.8, 4) is 5.69 Å². The molecule has 0 saturated carbocycles. The van der Waals surface area contributed by atoms with Crippen molar-refractivity contribution in [1.82, 2.24) is 25.4 Å². The summed E-state index contributed by atoms with van der Waals surface area (Å²) in [7, 11) is 0. The Morgan fingerprint density at radius 2 is 2.32 bits per heavy atom. The number of hydrogen-bond donors (Lipinski definition) is 1. The van der Waals surface area contributed by atoms with Crippen molar-refractivity contribution in [2.24, 2.45) is 0 Å². The van der Waals surface area contributed by atoms with E-state index < -0.39 is 0 Å². The van der Waals surface area contributed by atoms with E-state index in [1.54, 1.807) is 30.0 Å². The molecule has 3 aromatic rings. The maximum absolute atomic E-state index is 12.4. The second kappa shape index (κ2) is 5.26. The van der Waals surface area contributed by atoms with Crippen molar-refractivity contribution in [2.45, 2.75) is 11.5 Å². The van der Waals surface area contributed by atoms with Gasteiger partial charge >= 0.3 is 0 Å². The van der Waals surface area contributed by atoms with Crippen molar-refractivity contribution in [3.63, 3.8) is 0 Å². The fourth-order valence-corrected chi connectivity index (χ4v) is 3.22. The molecule has 22 heavy (non-hydrogen) atoms. The zero-order chi connectivity index (χ0) is 14.9. The number of thioether (sulfide) groups is 1. The molecule has 0 radical (unpaired) electrons. The van der Waals surface area contributed by atoms with Crippen LogP contribution in [-0.4, -0.2) is 31.3 Å². The molecule has 1 aliphatic rings. The van der Waals surface area contributed by atoms with Gasteiger partial charge in [0.1, 0.15) is 6.33 Å². The number of nitrogens with zero attached hydrogens (tertiary/aromatic N) is 5. The molecule has 0 spiro atoms. The minimum Gasteiger partial charge on any atom is -0.338 e. The number of fused-ring (bicyclic) bond motifs is 1. The first-order valence-electron chi connectivity index (χ1n) is 6.51. The Kier molecular flexibility index (Phi) is 3.11. The third-order valence-corrected chi connectivity index (χ3v) is 4.27. The van der Waals surface area contributed by atoms with E-state index in [4.69, 9.17) is 4.52 Å². The largest absolute Gasteiger partial charge is 0.338 e. The smallest absolute Gasteiger partial charge is 0.258 e. The minimum absolute atomic E-state index is 0.259. The van der Waals surface area contributed by atoms with Crippen LogP contribution in [0, 0.1) is 0 Å². The number of tetrazole rings is 1. The lowest BCUT2D eigenvalue weighted by Crippen LogP contribution is -2.13. The molecule has 0 fully saturated rings. The van der Waals surface area contributed by atoms with Gasteiger partial charge in [0.25, 0.3) is 5.91 Å². The highest BCUT2D eigenvalue weighted by atomic mass is 32.2. The molecule has 110 valence electrons. The van der Waals surface area contributed by atoms with Gasteiger partial charge < -0.3 is 4.52 Å². The Morgan fingerprint density at radius 1 is 1.36 bits per heavy atom. The molecule has 4 rings (SSSR count). The van der Waals surface area contributed by atoms with Crippen LogP contribution in [0.4, 0.5) is 5.88 Å². The van der Waals surface area contributed by atoms with Gasteiger partial charge in [0.05, 0.1) is 16.9 Å². The van der Waals surface area contributed by atoms with Gasteiger partial charge in [-0.25, -0.2) is 4.68 Å². The van der Waals surface area contributed by atoms with Crippen molar-refractivity contribution in [2.75, 3.05) is 5.32 Å². The fraction of sp³-hybridized carbons (Fsp3) is 0.154. The first kappa shape index (κ1) is 13.0. The van der Waals surface area contributed by atoms with E-state index in [0.29, 0.717) is 17.1 Å². The van der Waals surface area contributed by atoms with Crippen LogP contribution in [0.2, 0.25) is 0 Å². The van der Waals surface area contributed by atoms with Gasteiger partial charge in [-0.15, -0.1) is 5.10 Å². The summed E-state index contributed by atoms with van der Waals surface area (Å²) in [5, 5.41) is 17.7. The number of aromatic nitrogens is 5. The highest BCUT2D eigenvalue weighted by Gasteiger charge is 2.23. The molecule has 1 aromatic carbocycles. The maximum atomic E-state index is 12.4. The number of nitrogens with one attached hydrogen (secondary N) is 1. The molecule has 0 bridgehead atoms. The van der Waals surface area contributed by atoms with Crippen molar-refractivity contribution < 1.29 is 9.32 Å². The molecule has 0 atom stereocenters. The number of anilines is 1. The van der Waals surface area contributed by atoms with Gasteiger partial charge in [-0.05, 0) is 28.6 Å². The second-order valence-electron chi connectivity index (χ2n) is 4.69. The molecule has 9 heteroatoms. The molecule has 2 aromatic heterocycles. The zero-order valence-corrected chi connectivity index (χ0v) is 12.1. The molecular formula is C13H10N6O2S. The number of benzene rings is 1. The summed E-state index contributed by atoms with van der Waals surface area (Å²) >= 11 is 1.75. The number of hydrogen-bond acceptors (Lipinski definition) is 7. The molecule has 1 N–H and O–H groups in total. The Bertz CT molecular complexity index is 829. The van der Waals surface area contributed by atoms with E-state index in [1.807, 2.05) is 6.07 Å². The van der Waals surface area contributed by atoms with Crippen LogP contribution in [-0.2, 0) is 11.5 Å². The Labute approximate surface area is 128 Å². The maximum Gasteiger partial charge on any atom is 0.258 e. The molecule has 0 saturated heterocycles. The lowest BCUT2D eigenvalue weighted by atomic mass is 10.2. The van der Waals surface area contributed by atoms with Crippen LogP contribution in [0.15, 0.2) is 35.1 Å². The molecule has 0 aliphatic carbocycles. The molecule has 1 amide bonds. The Morgan fingerprint density at radius 3 is 3.18 bits per heavy atom. The van der Waals surface area contributed by atoms with Crippen LogP contribution in [0.5, 0.6) is 0 Å². The lowest BCUT2D eigenvalue weighted by molar-refractivity contribution is 0.102. The van der Waals surface area contributed by atoms with Gasteiger partial charge in [-0.3, -0.25) is 10.1 Å².